The summed E-state index contributed by atoms with van der Waals surface area (Å²) in [6, 6.07) is 9.89. The average Bonchev–Trinajstić information content (AvgIpc) is 2.76. The van der Waals surface area contributed by atoms with E-state index in [2.05, 4.69) is 16.7 Å². The summed E-state index contributed by atoms with van der Waals surface area (Å²) >= 11 is 0. The quantitative estimate of drug-likeness (QED) is 0.791. The van der Waals surface area contributed by atoms with Crippen molar-refractivity contribution in [1.82, 2.24) is 5.32 Å². The van der Waals surface area contributed by atoms with Crippen molar-refractivity contribution in [3.05, 3.63) is 29.8 Å². The smallest absolute Gasteiger partial charge is 0.0992 e. The lowest BCUT2D eigenvalue weighted by Gasteiger charge is -2.19. The highest BCUT2D eigenvalue weighted by atomic mass is 16.5. The summed E-state index contributed by atoms with van der Waals surface area (Å²) < 4.78 is 5.36. The number of rotatable bonds is 3. The van der Waals surface area contributed by atoms with Crippen molar-refractivity contribution < 1.29 is 4.74 Å². The Hall–Kier alpha value is -1.57. The van der Waals surface area contributed by atoms with Gasteiger partial charge in [0.2, 0.25) is 0 Å². The van der Waals surface area contributed by atoms with Gasteiger partial charge in [-0.15, -0.1) is 0 Å². The summed E-state index contributed by atoms with van der Waals surface area (Å²) in [5.74, 6) is 0. The summed E-state index contributed by atoms with van der Waals surface area (Å²) in [6.45, 7) is 1.75. The van der Waals surface area contributed by atoms with Gasteiger partial charge in [0, 0.05) is 25.9 Å². The second-order valence-corrected chi connectivity index (χ2v) is 3.88. The van der Waals surface area contributed by atoms with Crippen LogP contribution in [-0.2, 0) is 4.74 Å². The molecule has 1 aliphatic heterocycles. The van der Waals surface area contributed by atoms with Crippen LogP contribution < -0.4 is 10.6 Å². The van der Waals surface area contributed by atoms with Crippen LogP contribution in [0.25, 0.3) is 0 Å². The number of benzene rings is 1. The van der Waals surface area contributed by atoms with Crippen LogP contribution in [0.5, 0.6) is 0 Å². The number of nitrogens with one attached hydrogen (secondary N) is 2. The summed E-state index contributed by atoms with van der Waals surface area (Å²) in [5, 5.41) is 15.5. The van der Waals surface area contributed by atoms with Crippen LogP contribution in [0.2, 0.25) is 0 Å². The Labute approximate surface area is 95.2 Å². The standard InChI is InChI=1S/C12H15N3O/c1-16-12-8-14-7-11(12)15-10-4-2-3-9(5-10)6-13/h2-5,11-12,14-15H,7-8H2,1H3/t11?,12-/m0/s1. The number of ether oxygens (including phenoxy) is 1. The van der Waals surface area contributed by atoms with Gasteiger partial charge in [-0.2, -0.15) is 5.26 Å². The maximum absolute atomic E-state index is 8.81. The van der Waals surface area contributed by atoms with Crippen molar-refractivity contribution in [2.45, 2.75) is 12.1 Å². The van der Waals surface area contributed by atoms with Crippen molar-refractivity contribution in [1.29, 1.82) is 5.26 Å². The Balaban J connectivity index is 2.06. The molecule has 1 aliphatic rings. The van der Waals surface area contributed by atoms with E-state index >= 15 is 0 Å². The molecule has 1 fully saturated rings. The monoisotopic (exact) mass is 217 g/mol. The van der Waals surface area contributed by atoms with Crippen LogP contribution in [-0.4, -0.2) is 32.3 Å². The van der Waals surface area contributed by atoms with Gasteiger partial charge in [0.05, 0.1) is 23.8 Å². The minimum absolute atomic E-state index is 0.186. The normalized spacial score (nSPS) is 24.0. The fraction of sp³-hybridized carbons (Fsp3) is 0.417. The summed E-state index contributed by atoms with van der Waals surface area (Å²) in [4.78, 5) is 0. The topological polar surface area (TPSA) is 57.1 Å². The molecule has 1 saturated heterocycles. The minimum atomic E-state index is 0.186. The van der Waals surface area contributed by atoms with Gasteiger partial charge in [0.25, 0.3) is 0 Å². The molecule has 2 N–H and O–H groups in total. The molecule has 4 heteroatoms. The lowest BCUT2D eigenvalue weighted by atomic mass is 10.1. The van der Waals surface area contributed by atoms with Crippen LogP contribution in [0, 0.1) is 11.3 Å². The van der Waals surface area contributed by atoms with E-state index in [4.69, 9.17) is 10.00 Å². The van der Waals surface area contributed by atoms with Gasteiger partial charge in [0.1, 0.15) is 0 Å². The van der Waals surface area contributed by atoms with Gasteiger partial charge in [-0.05, 0) is 18.2 Å². The molecular weight excluding hydrogens is 202 g/mol. The van der Waals surface area contributed by atoms with Crippen molar-refractivity contribution in [2.24, 2.45) is 0 Å². The Morgan fingerprint density at radius 1 is 1.50 bits per heavy atom. The van der Waals surface area contributed by atoms with Gasteiger partial charge in [-0.1, -0.05) is 6.07 Å². The Bertz CT molecular complexity index is 399. The largest absolute Gasteiger partial charge is 0.378 e. The molecule has 0 spiro atoms. The van der Waals surface area contributed by atoms with Crippen LogP contribution >= 0.6 is 0 Å². The Morgan fingerprint density at radius 2 is 2.38 bits per heavy atom. The highest BCUT2D eigenvalue weighted by Crippen LogP contribution is 2.14. The molecule has 0 bridgehead atoms. The number of anilines is 1. The molecule has 84 valence electrons. The fourth-order valence-electron chi connectivity index (χ4n) is 1.94. The SMILES string of the molecule is CO[C@H]1CNCC1Nc1cccc(C#N)c1. The maximum atomic E-state index is 8.81. The van der Waals surface area contributed by atoms with E-state index in [0.717, 1.165) is 18.8 Å². The van der Waals surface area contributed by atoms with Crippen molar-refractivity contribution >= 4 is 5.69 Å². The molecule has 1 heterocycles. The zero-order valence-electron chi connectivity index (χ0n) is 9.23. The highest BCUT2D eigenvalue weighted by molar-refractivity contribution is 5.50. The van der Waals surface area contributed by atoms with Gasteiger partial charge in [0.15, 0.2) is 0 Å². The molecule has 2 rings (SSSR count). The Kier molecular flexibility index (Phi) is 3.40. The molecule has 1 unspecified atom stereocenters. The second-order valence-electron chi connectivity index (χ2n) is 3.88. The highest BCUT2D eigenvalue weighted by Gasteiger charge is 2.26. The molecule has 16 heavy (non-hydrogen) atoms. The van der Waals surface area contributed by atoms with Crippen LogP contribution in [0.4, 0.5) is 5.69 Å². The van der Waals surface area contributed by atoms with Crippen molar-refractivity contribution in [3.63, 3.8) is 0 Å². The first-order valence-corrected chi connectivity index (χ1v) is 5.33. The molecule has 0 amide bonds. The third-order valence-electron chi connectivity index (χ3n) is 2.81. The molecule has 2 atom stereocenters. The van der Waals surface area contributed by atoms with E-state index < -0.39 is 0 Å². The molecule has 1 aromatic rings. The summed E-state index contributed by atoms with van der Waals surface area (Å²) in [5.41, 5.74) is 1.64. The number of hydrogen-bond acceptors (Lipinski definition) is 4. The number of hydrogen-bond donors (Lipinski definition) is 2. The zero-order valence-corrected chi connectivity index (χ0v) is 9.23. The van der Waals surface area contributed by atoms with Crippen LogP contribution in [0.15, 0.2) is 24.3 Å². The third-order valence-corrected chi connectivity index (χ3v) is 2.81. The maximum Gasteiger partial charge on any atom is 0.0992 e. The first-order chi connectivity index (χ1) is 7.83. The van der Waals surface area contributed by atoms with Crippen LogP contribution in [0.3, 0.4) is 0 Å². The molecule has 0 radical (unpaired) electrons. The minimum Gasteiger partial charge on any atom is -0.378 e. The molecule has 4 nitrogen and oxygen atoms in total. The first-order valence-electron chi connectivity index (χ1n) is 5.33. The Morgan fingerprint density at radius 3 is 3.12 bits per heavy atom. The predicted molar refractivity (Wildman–Crippen MR) is 62.2 cm³/mol. The van der Waals surface area contributed by atoms with E-state index in [-0.39, 0.29) is 12.1 Å². The first kappa shape index (κ1) is 10.9. The van der Waals surface area contributed by atoms with Gasteiger partial charge < -0.3 is 15.4 Å². The number of methoxy groups -OCH3 is 1. The molecule has 1 aromatic carbocycles. The van der Waals surface area contributed by atoms with Gasteiger partial charge in [-0.3, -0.25) is 0 Å². The molecule has 0 aliphatic carbocycles. The van der Waals surface area contributed by atoms with Crippen LogP contribution in [0.1, 0.15) is 5.56 Å². The van der Waals surface area contributed by atoms with E-state index in [0.29, 0.717) is 5.56 Å². The fourth-order valence-corrected chi connectivity index (χ4v) is 1.94. The second kappa shape index (κ2) is 4.97. The summed E-state index contributed by atoms with van der Waals surface area (Å²) in [6.07, 6.45) is 0.186. The average molecular weight is 217 g/mol. The predicted octanol–water partition coefficient (Wildman–Crippen LogP) is 0.957. The van der Waals surface area contributed by atoms with E-state index in [9.17, 15) is 0 Å². The molecule has 0 saturated carbocycles. The van der Waals surface area contributed by atoms with Gasteiger partial charge >= 0.3 is 0 Å². The number of nitrogens with zero attached hydrogens (tertiary/aromatic N) is 1. The van der Waals surface area contributed by atoms with E-state index in [1.807, 2.05) is 18.2 Å². The molecule has 0 aromatic heterocycles. The number of nitriles is 1. The lowest BCUT2D eigenvalue weighted by Crippen LogP contribution is -2.33. The summed E-state index contributed by atoms with van der Waals surface area (Å²) in [7, 11) is 1.72. The zero-order chi connectivity index (χ0) is 11.4. The third kappa shape index (κ3) is 2.32. The van der Waals surface area contributed by atoms with Crippen molar-refractivity contribution in [2.75, 3.05) is 25.5 Å². The lowest BCUT2D eigenvalue weighted by molar-refractivity contribution is 0.112. The molecular formula is C12H15N3O. The van der Waals surface area contributed by atoms with E-state index in [1.54, 1.807) is 13.2 Å². The van der Waals surface area contributed by atoms with Gasteiger partial charge in [-0.25, -0.2) is 0 Å². The van der Waals surface area contributed by atoms with E-state index in [1.165, 1.54) is 0 Å². The van der Waals surface area contributed by atoms with Crippen molar-refractivity contribution in [3.8, 4) is 6.07 Å².